The lowest BCUT2D eigenvalue weighted by Gasteiger charge is -2.33. The van der Waals surface area contributed by atoms with Crippen LogP contribution in [0.4, 0.5) is 5.82 Å². The lowest BCUT2D eigenvalue weighted by molar-refractivity contribution is 0.0724. The molecule has 0 atom stereocenters. The van der Waals surface area contributed by atoms with Crippen molar-refractivity contribution in [2.24, 2.45) is 0 Å². The van der Waals surface area contributed by atoms with E-state index in [1.165, 1.54) is 6.42 Å². The Balaban J connectivity index is 1.62. The molecule has 0 radical (unpaired) electrons. The van der Waals surface area contributed by atoms with Crippen molar-refractivity contribution >= 4 is 33.3 Å². The largest absolute Gasteiger partial charge is 0.355 e. The number of pyridine rings is 1. The molecule has 0 aromatic carbocycles. The van der Waals surface area contributed by atoms with Crippen LogP contribution in [0.1, 0.15) is 49.4 Å². The number of carbonyl (C=O) groups excluding carboxylic acids is 1. The highest BCUT2D eigenvalue weighted by atomic mass is 35.5. The molecule has 1 N–H and O–H groups in total. The van der Waals surface area contributed by atoms with E-state index in [2.05, 4.69) is 9.71 Å². The maximum absolute atomic E-state index is 12.6. The first kappa shape index (κ1) is 20.4. The van der Waals surface area contributed by atoms with Gasteiger partial charge in [0.25, 0.3) is 5.91 Å². The predicted octanol–water partition coefficient (Wildman–Crippen LogP) is 2.27. The van der Waals surface area contributed by atoms with Gasteiger partial charge < -0.3 is 9.80 Å². The number of aromatic nitrogens is 1. The molecule has 3 heterocycles. The van der Waals surface area contributed by atoms with Crippen molar-refractivity contribution in [3.63, 3.8) is 0 Å². The molecule has 2 aliphatic heterocycles. The van der Waals surface area contributed by atoms with Crippen LogP contribution in [0.3, 0.4) is 0 Å². The molecule has 27 heavy (non-hydrogen) atoms. The molecule has 1 aromatic heterocycles. The fourth-order valence-corrected chi connectivity index (χ4v) is 4.80. The molecular weight excluding hydrogens is 388 g/mol. The monoisotopic (exact) mass is 414 g/mol. The number of sulfonamides is 1. The molecule has 1 aromatic rings. The predicted molar refractivity (Wildman–Crippen MR) is 107 cm³/mol. The van der Waals surface area contributed by atoms with Gasteiger partial charge in [-0.05, 0) is 45.1 Å². The van der Waals surface area contributed by atoms with Gasteiger partial charge in [0.15, 0.2) is 0 Å². The highest BCUT2D eigenvalue weighted by Gasteiger charge is 2.25. The van der Waals surface area contributed by atoms with Crippen LogP contribution in [-0.2, 0) is 10.0 Å². The van der Waals surface area contributed by atoms with E-state index >= 15 is 0 Å². The lowest BCUT2D eigenvalue weighted by atomic mass is 10.1. The molecule has 9 heteroatoms. The van der Waals surface area contributed by atoms with Crippen LogP contribution in [0.25, 0.3) is 0 Å². The van der Waals surface area contributed by atoms with Crippen molar-refractivity contribution in [1.29, 1.82) is 0 Å². The molecule has 0 unspecified atom stereocenters. The summed E-state index contributed by atoms with van der Waals surface area (Å²) in [7, 11) is -3.19. The van der Waals surface area contributed by atoms with Crippen LogP contribution in [0.2, 0.25) is 5.02 Å². The van der Waals surface area contributed by atoms with Crippen molar-refractivity contribution in [3.8, 4) is 0 Å². The third kappa shape index (κ3) is 5.12. The molecule has 2 saturated heterocycles. The molecule has 0 aliphatic carbocycles. The average Bonchev–Trinajstić information content (AvgIpc) is 2.68. The summed E-state index contributed by atoms with van der Waals surface area (Å²) in [5.74, 6) is 0.736. The van der Waals surface area contributed by atoms with Crippen molar-refractivity contribution in [2.75, 3.05) is 36.8 Å². The molecular formula is C18H27ClN4O3S. The maximum Gasteiger partial charge on any atom is 0.255 e. The van der Waals surface area contributed by atoms with Crippen LogP contribution in [0, 0.1) is 0 Å². The molecule has 0 bridgehead atoms. The van der Waals surface area contributed by atoms with Gasteiger partial charge in [0, 0.05) is 38.4 Å². The van der Waals surface area contributed by atoms with Gasteiger partial charge in [0.1, 0.15) is 5.82 Å². The van der Waals surface area contributed by atoms with Gasteiger partial charge in [-0.25, -0.2) is 18.1 Å². The highest BCUT2D eigenvalue weighted by Crippen LogP contribution is 2.27. The zero-order valence-corrected chi connectivity index (χ0v) is 17.2. The minimum atomic E-state index is -3.19. The smallest absolute Gasteiger partial charge is 0.255 e. The van der Waals surface area contributed by atoms with E-state index in [-0.39, 0.29) is 17.7 Å². The van der Waals surface area contributed by atoms with Gasteiger partial charge in [0.2, 0.25) is 10.0 Å². The van der Waals surface area contributed by atoms with E-state index < -0.39 is 10.0 Å². The summed E-state index contributed by atoms with van der Waals surface area (Å²) in [6.07, 6.45) is 6.26. The number of rotatable bonds is 5. The first-order valence-corrected chi connectivity index (χ1v) is 11.6. The van der Waals surface area contributed by atoms with Gasteiger partial charge in [-0.3, -0.25) is 4.79 Å². The van der Waals surface area contributed by atoms with Gasteiger partial charge in [-0.2, -0.15) is 0 Å². The van der Waals surface area contributed by atoms with E-state index in [0.717, 1.165) is 25.9 Å². The van der Waals surface area contributed by atoms with Gasteiger partial charge in [0.05, 0.1) is 16.3 Å². The fourth-order valence-electron chi connectivity index (χ4n) is 3.61. The van der Waals surface area contributed by atoms with E-state index in [1.54, 1.807) is 19.2 Å². The fraction of sp³-hybridized carbons (Fsp3) is 0.667. The molecule has 0 saturated carbocycles. The second-order valence-electron chi connectivity index (χ2n) is 7.16. The minimum Gasteiger partial charge on any atom is -0.355 e. The van der Waals surface area contributed by atoms with E-state index in [4.69, 9.17) is 11.6 Å². The van der Waals surface area contributed by atoms with Crippen molar-refractivity contribution in [1.82, 2.24) is 14.6 Å². The Morgan fingerprint density at radius 2 is 1.89 bits per heavy atom. The molecule has 7 nitrogen and oxygen atoms in total. The zero-order valence-electron chi connectivity index (χ0n) is 15.7. The lowest BCUT2D eigenvalue weighted by Crippen LogP contribution is -2.45. The Morgan fingerprint density at radius 3 is 2.48 bits per heavy atom. The van der Waals surface area contributed by atoms with Gasteiger partial charge in [-0.1, -0.05) is 11.6 Å². The third-order valence-electron chi connectivity index (χ3n) is 5.23. The Morgan fingerprint density at radius 1 is 1.22 bits per heavy atom. The molecule has 150 valence electrons. The van der Waals surface area contributed by atoms with E-state index in [0.29, 0.717) is 42.3 Å². The SMILES string of the molecule is CCS(=O)(=O)NC1CCN(c2ncc(C(=O)N3CCCCC3)cc2Cl)CC1. The number of halogens is 1. The molecule has 1 amide bonds. The number of amides is 1. The summed E-state index contributed by atoms with van der Waals surface area (Å²) in [6.45, 7) is 4.55. The number of carbonyl (C=O) groups is 1. The average molecular weight is 415 g/mol. The van der Waals surface area contributed by atoms with E-state index in [1.807, 2.05) is 9.80 Å². The topological polar surface area (TPSA) is 82.6 Å². The number of likely N-dealkylation sites (tertiary alicyclic amines) is 1. The Hall–Kier alpha value is -1.38. The number of hydrogen-bond acceptors (Lipinski definition) is 5. The van der Waals surface area contributed by atoms with Crippen LogP contribution in [0.5, 0.6) is 0 Å². The molecule has 2 fully saturated rings. The summed E-state index contributed by atoms with van der Waals surface area (Å²) in [4.78, 5) is 20.9. The minimum absolute atomic E-state index is 0.0108. The van der Waals surface area contributed by atoms with Crippen molar-refractivity contribution < 1.29 is 13.2 Å². The standard InChI is InChI=1S/C18H27ClN4O3S/c1-2-27(25,26)21-15-6-10-22(11-7-15)17-16(19)12-14(13-20-17)18(24)23-8-4-3-5-9-23/h12-13,15,21H,2-11H2,1H3. The van der Waals surface area contributed by atoms with Crippen molar-refractivity contribution in [2.45, 2.75) is 45.1 Å². The normalized spacial score (nSPS) is 19.3. The van der Waals surface area contributed by atoms with Crippen molar-refractivity contribution in [3.05, 3.63) is 22.8 Å². The second kappa shape index (κ2) is 8.75. The van der Waals surface area contributed by atoms with E-state index in [9.17, 15) is 13.2 Å². The summed E-state index contributed by atoms with van der Waals surface area (Å²) >= 11 is 6.42. The number of hydrogen-bond donors (Lipinski definition) is 1. The summed E-state index contributed by atoms with van der Waals surface area (Å²) in [6, 6.07) is 1.65. The van der Waals surface area contributed by atoms with Crippen LogP contribution in [0.15, 0.2) is 12.3 Å². The number of nitrogens with zero attached hydrogens (tertiary/aromatic N) is 3. The maximum atomic E-state index is 12.6. The summed E-state index contributed by atoms with van der Waals surface area (Å²) in [5.41, 5.74) is 0.524. The number of anilines is 1. The molecule has 3 rings (SSSR count). The number of nitrogens with one attached hydrogen (secondary N) is 1. The van der Waals surface area contributed by atoms with Crippen LogP contribution >= 0.6 is 11.6 Å². The Bertz CT molecular complexity index is 773. The summed E-state index contributed by atoms with van der Waals surface area (Å²) in [5, 5.41) is 0.463. The van der Waals surface area contributed by atoms with Gasteiger partial charge >= 0.3 is 0 Å². The summed E-state index contributed by atoms with van der Waals surface area (Å²) < 4.78 is 26.2. The first-order valence-electron chi connectivity index (χ1n) is 9.59. The second-order valence-corrected chi connectivity index (χ2v) is 9.61. The number of piperidine rings is 2. The Labute approximate surface area is 166 Å². The van der Waals surface area contributed by atoms with Crippen LogP contribution in [-0.4, -0.2) is 62.2 Å². The molecule has 0 spiro atoms. The van der Waals surface area contributed by atoms with Gasteiger partial charge in [-0.15, -0.1) is 0 Å². The molecule has 2 aliphatic rings. The first-order chi connectivity index (χ1) is 12.9. The quantitative estimate of drug-likeness (QED) is 0.799. The zero-order chi connectivity index (χ0) is 19.4. The Kier molecular flexibility index (Phi) is 6.60. The third-order valence-corrected chi connectivity index (χ3v) is 6.96. The van der Waals surface area contributed by atoms with Crippen LogP contribution < -0.4 is 9.62 Å². The highest BCUT2D eigenvalue weighted by molar-refractivity contribution is 7.89.